The molecule has 1 aromatic heterocycles. The van der Waals surface area contributed by atoms with Gasteiger partial charge in [-0.25, -0.2) is 0 Å². The van der Waals surface area contributed by atoms with E-state index in [2.05, 4.69) is 46.4 Å². The molecule has 1 N–H and O–H groups in total. The molecule has 0 atom stereocenters. The average Bonchev–Trinajstić information content (AvgIpc) is 2.61. The predicted octanol–water partition coefficient (Wildman–Crippen LogP) is 2.64. The highest BCUT2D eigenvalue weighted by molar-refractivity contribution is 5.79. The molecule has 2 rings (SSSR count). The summed E-state index contributed by atoms with van der Waals surface area (Å²) in [5.74, 6) is 0.889. The van der Waals surface area contributed by atoms with Crippen LogP contribution in [0.1, 0.15) is 24.0 Å². The van der Waals surface area contributed by atoms with Crippen LogP contribution in [0.15, 0.2) is 58.4 Å². The molecule has 0 saturated carbocycles. The highest BCUT2D eigenvalue weighted by Gasteiger charge is 2.07. The number of hydrogen-bond acceptors (Lipinski definition) is 2. The van der Waals surface area contributed by atoms with Crippen molar-refractivity contribution in [3.05, 3.63) is 70.1 Å². The number of guanidine groups is 1. The maximum atomic E-state index is 11.6. The summed E-state index contributed by atoms with van der Waals surface area (Å²) in [6, 6.07) is 13.7. The third kappa shape index (κ3) is 5.78. The van der Waals surface area contributed by atoms with Crippen LogP contribution in [0.25, 0.3) is 0 Å². The molecule has 0 bridgehead atoms. The molecule has 0 unspecified atom stereocenters. The van der Waals surface area contributed by atoms with Crippen molar-refractivity contribution in [2.75, 3.05) is 20.6 Å². The fourth-order valence-corrected chi connectivity index (χ4v) is 2.76. The van der Waals surface area contributed by atoms with Gasteiger partial charge < -0.3 is 14.8 Å². The highest BCUT2D eigenvalue weighted by Crippen LogP contribution is 2.09. The Morgan fingerprint density at radius 1 is 1.16 bits per heavy atom. The van der Waals surface area contributed by atoms with Crippen LogP contribution >= 0.6 is 0 Å². The van der Waals surface area contributed by atoms with Crippen molar-refractivity contribution in [1.82, 2.24) is 14.8 Å². The minimum Gasteiger partial charge on any atom is -0.356 e. The lowest BCUT2D eigenvalue weighted by molar-refractivity contribution is 0.471. The van der Waals surface area contributed by atoms with Crippen molar-refractivity contribution in [3.63, 3.8) is 0 Å². The Hall–Kier alpha value is -2.56. The van der Waals surface area contributed by atoms with E-state index in [0.29, 0.717) is 0 Å². The third-order valence-electron chi connectivity index (χ3n) is 4.25. The molecule has 5 nitrogen and oxygen atoms in total. The van der Waals surface area contributed by atoms with Gasteiger partial charge in [-0.15, -0.1) is 0 Å². The van der Waals surface area contributed by atoms with E-state index in [1.165, 1.54) is 11.1 Å². The lowest BCUT2D eigenvalue weighted by Gasteiger charge is -2.23. The number of pyridine rings is 1. The molecule has 0 saturated heterocycles. The van der Waals surface area contributed by atoms with Crippen molar-refractivity contribution < 1.29 is 0 Å². The normalized spacial score (nSPS) is 11.4. The van der Waals surface area contributed by atoms with E-state index in [1.807, 2.05) is 19.3 Å². The van der Waals surface area contributed by atoms with Crippen LogP contribution < -0.4 is 10.9 Å². The zero-order valence-electron chi connectivity index (χ0n) is 15.4. The molecule has 5 heteroatoms. The van der Waals surface area contributed by atoms with Crippen molar-refractivity contribution in [3.8, 4) is 0 Å². The van der Waals surface area contributed by atoms with Gasteiger partial charge in [0.05, 0.1) is 0 Å². The second-order valence-electron chi connectivity index (χ2n) is 6.20. The molecule has 25 heavy (non-hydrogen) atoms. The first-order chi connectivity index (χ1) is 12.1. The third-order valence-corrected chi connectivity index (χ3v) is 4.25. The second kappa shape index (κ2) is 9.67. The van der Waals surface area contributed by atoms with E-state index >= 15 is 0 Å². The van der Waals surface area contributed by atoms with Crippen LogP contribution in [0, 0.1) is 6.92 Å². The standard InChI is InChI=1S/C20H28N4O/c1-17-10-4-5-11-18(17)16-23(3)20(21-2)22-13-7-9-15-24-14-8-6-12-19(24)25/h4-6,8,10-12,14H,7,9,13,15-16H2,1-3H3,(H,21,22). The Morgan fingerprint density at radius 3 is 2.64 bits per heavy atom. The Bertz CT molecular complexity index is 751. The van der Waals surface area contributed by atoms with Gasteiger partial charge in [0, 0.05) is 46.0 Å². The molecule has 0 aliphatic rings. The van der Waals surface area contributed by atoms with Crippen LogP contribution in [0.2, 0.25) is 0 Å². The number of aliphatic imine (C=N–C) groups is 1. The molecule has 0 spiro atoms. The predicted molar refractivity (Wildman–Crippen MR) is 104 cm³/mol. The van der Waals surface area contributed by atoms with Crippen LogP contribution in [0.3, 0.4) is 0 Å². The van der Waals surface area contributed by atoms with E-state index in [9.17, 15) is 4.79 Å². The largest absolute Gasteiger partial charge is 0.356 e. The van der Waals surface area contributed by atoms with Gasteiger partial charge in [0.1, 0.15) is 0 Å². The monoisotopic (exact) mass is 340 g/mol. The zero-order valence-corrected chi connectivity index (χ0v) is 15.4. The summed E-state index contributed by atoms with van der Waals surface area (Å²) in [5, 5.41) is 3.40. The Kier molecular flexibility index (Phi) is 7.26. The lowest BCUT2D eigenvalue weighted by Crippen LogP contribution is -2.39. The van der Waals surface area contributed by atoms with Gasteiger partial charge in [-0.05, 0) is 37.0 Å². The van der Waals surface area contributed by atoms with Crippen molar-refractivity contribution >= 4 is 5.96 Å². The maximum Gasteiger partial charge on any atom is 0.250 e. The fraction of sp³-hybridized carbons (Fsp3) is 0.400. The summed E-state index contributed by atoms with van der Waals surface area (Å²) < 4.78 is 1.75. The van der Waals surface area contributed by atoms with Crippen LogP contribution in [-0.2, 0) is 13.1 Å². The molecular weight excluding hydrogens is 312 g/mol. The summed E-state index contributed by atoms with van der Waals surface area (Å²) in [4.78, 5) is 18.1. The van der Waals surface area contributed by atoms with E-state index in [1.54, 1.807) is 23.7 Å². The molecule has 0 fully saturated rings. The van der Waals surface area contributed by atoms with E-state index in [0.717, 1.165) is 38.4 Å². The number of rotatable bonds is 7. The summed E-state index contributed by atoms with van der Waals surface area (Å²) >= 11 is 0. The van der Waals surface area contributed by atoms with Crippen LogP contribution in [-0.4, -0.2) is 36.1 Å². The first kappa shape index (κ1) is 18.8. The van der Waals surface area contributed by atoms with Gasteiger partial charge in [-0.2, -0.15) is 0 Å². The lowest BCUT2D eigenvalue weighted by atomic mass is 10.1. The Morgan fingerprint density at radius 2 is 1.92 bits per heavy atom. The molecule has 0 amide bonds. The number of hydrogen-bond donors (Lipinski definition) is 1. The summed E-state index contributed by atoms with van der Waals surface area (Å²) in [5.41, 5.74) is 2.65. The van der Waals surface area contributed by atoms with E-state index in [-0.39, 0.29) is 5.56 Å². The molecule has 0 aliphatic heterocycles. The average molecular weight is 340 g/mol. The quantitative estimate of drug-likeness (QED) is 0.479. The van der Waals surface area contributed by atoms with Gasteiger partial charge >= 0.3 is 0 Å². The molecule has 1 aromatic carbocycles. The van der Waals surface area contributed by atoms with Gasteiger partial charge in [-0.3, -0.25) is 9.79 Å². The Labute approximate surface area is 150 Å². The number of unbranched alkanes of at least 4 members (excludes halogenated alkanes) is 1. The first-order valence-electron chi connectivity index (χ1n) is 8.73. The Balaban J connectivity index is 1.75. The highest BCUT2D eigenvalue weighted by atomic mass is 16.1. The fourth-order valence-electron chi connectivity index (χ4n) is 2.76. The zero-order chi connectivity index (χ0) is 18.1. The summed E-state index contributed by atoms with van der Waals surface area (Å²) in [7, 11) is 3.85. The van der Waals surface area contributed by atoms with Gasteiger partial charge in [-0.1, -0.05) is 30.3 Å². The molecule has 0 aliphatic carbocycles. The van der Waals surface area contributed by atoms with Crippen molar-refractivity contribution in [1.29, 1.82) is 0 Å². The number of nitrogens with zero attached hydrogens (tertiary/aromatic N) is 3. The van der Waals surface area contributed by atoms with Crippen LogP contribution in [0.4, 0.5) is 0 Å². The molecular formula is C20H28N4O. The molecule has 0 radical (unpaired) electrons. The van der Waals surface area contributed by atoms with E-state index < -0.39 is 0 Å². The first-order valence-corrected chi connectivity index (χ1v) is 8.73. The minimum atomic E-state index is 0.0595. The topological polar surface area (TPSA) is 49.6 Å². The number of aryl methyl sites for hydroxylation is 2. The van der Waals surface area contributed by atoms with Crippen molar-refractivity contribution in [2.45, 2.75) is 32.9 Å². The smallest absolute Gasteiger partial charge is 0.250 e. The van der Waals surface area contributed by atoms with Gasteiger partial charge in [0.15, 0.2) is 5.96 Å². The van der Waals surface area contributed by atoms with Crippen LogP contribution in [0.5, 0.6) is 0 Å². The SMILES string of the molecule is CN=C(NCCCCn1ccccc1=O)N(C)Cc1ccccc1C. The van der Waals surface area contributed by atoms with Gasteiger partial charge in [0.2, 0.25) is 5.56 Å². The number of benzene rings is 1. The second-order valence-corrected chi connectivity index (χ2v) is 6.20. The number of aromatic nitrogens is 1. The van der Waals surface area contributed by atoms with E-state index in [4.69, 9.17) is 0 Å². The van der Waals surface area contributed by atoms with Gasteiger partial charge in [0.25, 0.3) is 0 Å². The number of nitrogens with one attached hydrogen (secondary N) is 1. The summed E-state index contributed by atoms with van der Waals surface area (Å²) in [6.45, 7) is 4.54. The minimum absolute atomic E-state index is 0.0595. The molecule has 2 aromatic rings. The molecule has 134 valence electrons. The van der Waals surface area contributed by atoms with Crippen molar-refractivity contribution in [2.24, 2.45) is 4.99 Å². The molecule has 1 heterocycles. The summed E-state index contributed by atoms with van der Waals surface area (Å²) in [6.07, 6.45) is 3.78. The maximum absolute atomic E-state index is 11.6.